The molecule has 0 radical (unpaired) electrons. The fraction of sp³-hybridized carbons (Fsp3) is 0.588. The summed E-state index contributed by atoms with van der Waals surface area (Å²) in [6.07, 6.45) is -3.55. The van der Waals surface area contributed by atoms with Crippen molar-refractivity contribution in [3.05, 3.63) is 35.4 Å². The van der Waals surface area contributed by atoms with Gasteiger partial charge in [0.25, 0.3) is 10.2 Å². The Morgan fingerprint density at radius 1 is 1.18 bits per heavy atom. The second-order valence-electron chi connectivity index (χ2n) is 6.75. The zero-order valence-electron chi connectivity index (χ0n) is 15.1. The quantitative estimate of drug-likeness (QED) is 0.756. The monoisotopic (exact) mass is 421 g/mol. The van der Waals surface area contributed by atoms with E-state index in [1.54, 1.807) is 0 Å². The molecule has 3 rings (SSSR count). The van der Waals surface area contributed by atoms with Gasteiger partial charge in [-0.15, -0.1) is 0 Å². The summed E-state index contributed by atoms with van der Waals surface area (Å²) in [4.78, 5) is 13.5. The smallest absolute Gasteiger partial charge is 0.379 e. The maximum Gasteiger partial charge on any atom is 0.416 e. The third kappa shape index (κ3) is 5.02. The van der Waals surface area contributed by atoms with Crippen molar-refractivity contribution in [1.29, 1.82) is 0 Å². The highest BCUT2D eigenvalue weighted by atomic mass is 32.2. The maximum atomic E-state index is 13.1. The number of carbonyl (C=O) groups is 1. The molecule has 1 amide bonds. The summed E-state index contributed by atoms with van der Waals surface area (Å²) in [5.74, 6) is -0.137. The molecule has 2 saturated heterocycles. The number of alkyl halides is 3. The van der Waals surface area contributed by atoms with E-state index >= 15 is 0 Å². The third-order valence-corrected chi connectivity index (χ3v) is 6.42. The fourth-order valence-electron chi connectivity index (χ4n) is 3.30. The molecule has 0 spiro atoms. The maximum absolute atomic E-state index is 13.1. The molecule has 156 valence electrons. The van der Waals surface area contributed by atoms with Crippen molar-refractivity contribution in [3.8, 4) is 0 Å². The number of rotatable bonds is 6. The highest BCUT2D eigenvalue weighted by molar-refractivity contribution is 7.87. The third-order valence-electron chi connectivity index (χ3n) is 4.79. The van der Waals surface area contributed by atoms with Gasteiger partial charge in [0.05, 0.1) is 24.8 Å². The normalized spacial score (nSPS) is 20.5. The number of benzene rings is 1. The summed E-state index contributed by atoms with van der Waals surface area (Å²) < 4.78 is 73.6. The number of amides is 1. The first-order chi connectivity index (χ1) is 13.2. The number of nitrogens with zero attached hydrogens (tertiary/aromatic N) is 2. The molecule has 7 nitrogen and oxygen atoms in total. The highest BCUT2D eigenvalue weighted by Crippen LogP contribution is 2.31. The van der Waals surface area contributed by atoms with E-state index in [4.69, 9.17) is 4.74 Å². The highest BCUT2D eigenvalue weighted by Gasteiger charge is 2.34. The second-order valence-corrected chi connectivity index (χ2v) is 8.46. The Hall–Kier alpha value is -1.69. The molecule has 2 aliphatic heterocycles. The second kappa shape index (κ2) is 8.36. The van der Waals surface area contributed by atoms with E-state index < -0.39 is 28.0 Å². The molecule has 0 bridgehead atoms. The Balaban J connectivity index is 1.87. The first-order valence-corrected chi connectivity index (χ1v) is 10.4. The molecule has 2 aliphatic rings. The molecular formula is C17H22F3N3O4S. The van der Waals surface area contributed by atoms with Gasteiger partial charge in [0, 0.05) is 32.6 Å². The molecule has 0 unspecified atom stereocenters. The predicted octanol–water partition coefficient (Wildman–Crippen LogP) is 1.54. The SMILES string of the molecule is O=C1CCCN1C[C@H](NS(=O)(=O)N1CCOCC1)c1cccc(C(F)(F)F)c1. The van der Waals surface area contributed by atoms with Crippen LogP contribution in [0.2, 0.25) is 0 Å². The van der Waals surface area contributed by atoms with E-state index in [9.17, 15) is 26.4 Å². The predicted molar refractivity (Wildman–Crippen MR) is 94.4 cm³/mol. The van der Waals surface area contributed by atoms with Crippen LogP contribution in [-0.2, 0) is 25.9 Å². The summed E-state index contributed by atoms with van der Waals surface area (Å²) in [7, 11) is -3.95. The number of nitrogens with one attached hydrogen (secondary N) is 1. The van der Waals surface area contributed by atoms with Crippen molar-refractivity contribution < 1.29 is 31.1 Å². The van der Waals surface area contributed by atoms with Crippen molar-refractivity contribution in [2.75, 3.05) is 39.4 Å². The largest absolute Gasteiger partial charge is 0.416 e. The minimum absolute atomic E-state index is 0.0241. The topological polar surface area (TPSA) is 79.0 Å². The Labute approximate surface area is 161 Å². The molecule has 1 aromatic rings. The summed E-state index contributed by atoms with van der Waals surface area (Å²) in [6, 6.07) is 3.53. The zero-order chi connectivity index (χ0) is 20.4. The summed E-state index contributed by atoms with van der Waals surface area (Å²) >= 11 is 0. The van der Waals surface area contributed by atoms with Crippen LogP contribution in [0.4, 0.5) is 13.2 Å². The van der Waals surface area contributed by atoms with E-state index in [0.717, 1.165) is 12.1 Å². The van der Waals surface area contributed by atoms with E-state index in [1.807, 2.05) is 0 Å². The average Bonchev–Trinajstić information content (AvgIpc) is 3.06. The van der Waals surface area contributed by atoms with Gasteiger partial charge in [0.1, 0.15) is 0 Å². The number of morpholine rings is 1. The first-order valence-electron chi connectivity index (χ1n) is 8.97. The van der Waals surface area contributed by atoms with Crippen LogP contribution in [0.3, 0.4) is 0 Å². The lowest BCUT2D eigenvalue weighted by Gasteiger charge is -2.30. The zero-order valence-corrected chi connectivity index (χ0v) is 15.9. The molecule has 0 aromatic heterocycles. The van der Waals surface area contributed by atoms with Crippen LogP contribution in [0.1, 0.15) is 30.0 Å². The van der Waals surface area contributed by atoms with Gasteiger partial charge in [0.15, 0.2) is 0 Å². The number of hydrogen-bond acceptors (Lipinski definition) is 4. The Kier molecular flexibility index (Phi) is 6.28. The van der Waals surface area contributed by atoms with Crippen LogP contribution in [-0.4, -0.2) is 62.9 Å². The van der Waals surface area contributed by atoms with Gasteiger partial charge >= 0.3 is 6.18 Å². The van der Waals surface area contributed by atoms with Gasteiger partial charge in [-0.05, 0) is 24.1 Å². The van der Waals surface area contributed by atoms with Crippen LogP contribution < -0.4 is 4.72 Å². The van der Waals surface area contributed by atoms with Gasteiger partial charge < -0.3 is 9.64 Å². The van der Waals surface area contributed by atoms with Gasteiger partial charge in [-0.2, -0.15) is 30.6 Å². The number of ether oxygens (including phenoxy) is 1. The van der Waals surface area contributed by atoms with Crippen molar-refractivity contribution in [2.24, 2.45) is 0 Å². The molecule has 0 saturated carbocycles. The van der Waals surface area contributed by atoms with Crippen LogP contribution in [0.15, 0.2) is 24.3 Å². The minimum atomic E-state index is -4.55. The van der Waals surface area contributed by atoms with Gasteiger partial charge in [-0.25, -0.2) is 0 Å². The van der Waals surface area contributed by atoms with E-state index in [0.29, 0.717) is 19.4 Å². The van der Waals surface area contributed by atoms with Crippen molar-refractivity contribution in [1.82, 2.24) is 13.9 Å². The minimum Gasteiger partial charge on any atom is -0.379 e. The van der Waals surface area contributed by atoms with E-state index in [-0.39, 0.29) is 44.3 Å². The Morgan fingerprint density at radius 3 is 2.50 bits per heavy atom. The lowest BCUT2D eigenvalue weighted by Crippen LogP contribution is -2.49. The molecule has 0 aliphatic carbocycles. The molecule has 1 N–H and O–H groups in total. The summed E-state index contributed by atoms with van der Waals surface area (Å²) in [6.45, 7) is 1.25. The van der Waals surface area contributed by atoms with E-state index in [1.165, 1.54) is 21.3 Å². The summed E-state index contributed by atoms with van der Waals surface area (Å²) in [5.41, 5.74) is -0.709. The fourth-order valence-corrected chi connectivity index (χ4v) is 4.65. The average molecular weight is 421 g/mol. The summed E-state index contributed by atoms with van der Waals surface area (Å²) in [5, 5.41) is 0. The van der Waals surface area contributed by atoms with Crippen molar-refractivity contribution in [3.63, 3.8) is 0 Å². The number of carbonyl (C=O) groups excluding carboxylic acids is 1. The molecule has 1 atom stereocenters. The first kappa shape index (κ1) is 21.0. The standard InChI is InChI=1S/C17H22F3N3O4S/c18-17(19,20)14-4-1-3-13(11-14)15(12-22-6-2-5-16(22)24)21-28(25,26)23-7-9-27-10-8-23/h1,3-4,11,15,21H,2,5-10,12H2/t15-/m0/s1. The number of hydrogen-bond donors (Lipinski definition) is 1. The van der Waals surface area contributed by atoms with Crippen LogP contribution in [0, 0.1) is 0 Å². The number of halogens is 3. The number of likely N-dealkylation sites (tertiary alicyclic amines) is 1. The lowest BCUT2D eigenvalue weighted by atomic mass is 10.0. The van der Waals surface area contributed by atoms with Crippen LogP contribution >= 0.6 is 0 Å². The van der Waals surface area contributed by atoms with Crippen LogP contribution in [0.25, 0.3) is 0 Å². The molecular weight excluding hydrogens is 399 g/mol. The molecule has 2 heterocycles. The molecule has 2 fully saturated rings. The van der Waals surface area contributed by atoms with Gasteiger partial charge in [-0.3, -0.25) is 4.79 Å². The molecule has 28 heavy (non-hydrogen) atoms. The van der Waals surface area contributed by atoms with Crippen LogP contribution in [0.5, 0.6) is 0 Å². The molecule has 11 heteroatoms. The van der Waals surface area contributed by atoms with Gasteiger partial charge in [0.2, 0.25) is 5.91 Å². The Bertz CT molecular complexity index is 810. The van der Waals surface area contributed by atoms with E-state index in [2.05, 4.69) is 4.72 Å². The molecule has 1 aromatic carbocycles. The van der Waals surface area contributed by atoms with Crippen molar-refractivity contribution >= 4 is 16.1 Å². The Morgan fingerprint density at radius 2 is 1.89 bits per heavy atom. The van der Waals surface area contributed by atoms with Gasteiger partial charge in [-0.1, -0.05) is 12.1 Å². The lowest BCUT2D eigenvalue weighted by molar-refractivity contribution is -0.137. The van der Waals surface area contributed by atoms with Crippen molar-refractivity contribution in [2.45, 2.75) is 25.1 Å².